The van der Waals surface area contributed by atoms with E-state index in [-0.39, 0.29) is 31.0 Å². The smallest absolute Gasteiger partial charge is 0.407 e. The first kappa shape index (κ1) is 20.2. The molecule has 0 spiro atoms. The number of methoxy groups -OCH3 is 1. The molecule has 2 aromatic carbocycles. The Morgan fingerprint density at radius 1 is 1.19 bits per heavy atom. The standard InChI is InChI=1S/C22H25NO4/c1-4-14-27-22(25)23-21(16(2)8-7-11-20(24)26-3)19-13-12-17-9-5-6-10-18(17)15-19/h4-10,12-13,15-16,21H,1,11,14H2,2-3H3,(H,23,25)/t16-,21+/m1/s1. The van der Waals surface area contributed by atoms with E-state index in [2.05, 4.69) is 22.7 Å². The molecule has 0 aliphatic heterocycles. The largest absolute Gasteiger partial charge is 0.469 e. The van der Waals surface area contributed by atoms with Crippen LogP contribution in [0.3, 0.4) is 0 Å². The van der Waals surface area contributed by atoms with Gasteiger partial charge in [-0.25, -0.2) is 4.79 Å². The van der Waals surface area contributed by atoms with Crippen LogP contribution < -0.4 is 5.32 Å². The van der Waals surface area contributed by atoms with Crippen LogP contribution in [0.2, 0.25) is 0 Å². The van der Waals surface area contributed by atoms with Crippen molar-refractivity contribution in [1.82, 2.24) is 5.32 Å². The zero-order valence-corrected chi connectivity index (χ0v) is 15.7. The van der Waals surface area contributed by atoms with E-state index in [9.17, 15) is 9.59 Å². The molecule has 0 bridgehead atoms. The van der Waals surface area contributed by atoms with Crippen molar-refractivity contribution in [3.05, 3.63) is 72.8 Å². The number of carbonyl (C=O) groups is 2. The molecule has 0 aliphatic carbocycles. The molecule has 0 saturated carbocycles. The molecule has 5 heteroatoms. The second kappa shape index (κ2) is 10.2. The lowest BCUT2D eigenvalue weighted by molar-refractivity contribution is -0.139. The average molecular weight is 367 g/mol. The SMILES string of the molecule is C=CCOC(=O)N[C@H](c1ccc2ccccc2c1)[C@H](C)C=CCC(=O)OC. The molecule has 142 valence electrons. The first-order chi connectivity index (χ1) is 13.0. The lowest BCUT2D eigenvalue weighted by Crippen LogP contribution is -2.32. The van der Waals surface area contributed by atoms with Gasteiger partial charge in [-0.15, -0.1) is 0 Å². The molecule has 5 nitrogen and oxygen atoms in total. The third-order valence-corrected chi connectivity index (χ3v) is 4.22. The van der Waals surface area contributed by atoms with Crippen molar-refractivity contribution >= 4 is 22.8 Å². The van der Waals surface area contributed by atoms with Gasteiger partial charge in [-0.2, -0.15) is 0 Å². The summed E-state index contributed by atoms with van der Waals surface area (Å²) in [5.74, 6) is -0.369. The van der Waals surface area contributed by atoms with E-state index in [1.807, 2.05) is 49.4 Å². The van der Waals surface area contributed by atoms with Gasteiger partial charge >= 0.3 is 12.1 Å². The Hall–Kier alpha value is -3.08. The quantitative estimate of drug-likeness (QED) is 0.549. The van der Waals surface area contributed by atoms with E-state index < -0.39 is 6.09 Å². The summed E-state index contributed by atoms with van der Waals surface area (Å²) in [6.07, 6.45) is 4.84. The molecule has 1 amide bonds. The minimum Gasteiger partial charge on any atom is -0.469 e. The number of esters is 1. The van der Waals surface area contributed by atoms with Crippen LogP contribution in [0.1, 0.15) is 24.9 Å². The van der Waals surface area contributed by atoms with Gasteiger partial charge in [-0.05, 0) is 28.3 Å². The first-order valence-electron chi connectivity index (χ1n) is 8.81. The van der Waals surface area contributed by atoms with Gasteiger partial charge in [0.25, 0.3) is 0 Å². The van der Waals surface area contributed by atoms with Gasteiger partial charge in [0.05, 0.1) is 19.6 Å². The third-order valence-electron chi connectivity index (χ3n) is 4.22. The summed E-state index contributed by atoms with van der Waals surface area (Å²) in [7, 11) is 1.36. The van der Waals surface area contributed by atoms with Crippen LogP contribution in [0, 0.1) is 5.92 Å². The topological polar surface area (TPSA) is 64.6 Å². The highest BCUT2D eigenvalue weighted by Gasteiger charge is 2.21. The van der Waals surface area contributed by atoms with E-state index in [1.165, 1.54) is 13.2 Å². The predicted octanol–water partition coefficient (Wildman–Crippen LogP) is 4.55. The van der Waals surface area contributed by atoms with Crippen molar-refractivity contribution in [3.63, 3.8) is 0 Å². The number of rotatable bonds is 8. The fourth-order valence-corrected chi connectivity index (χ4v) is 2.80. The molecule has 27 heavy (non-hydrogen) atoms. The van der Waals surface area contributed by atoms with Gasteiger partial charge in [0.1, 0.15) is 6.61 Å². The number of nitrogens with one attached hydrogen (secondary N) is 1. The molecule has 0 aliphatic rings. The lowest BCUT2D eigenvalue weighted by atomic mass is 9.92. The van der Waals surface area contributed by atoms with Crippen LogP contribution in [0.25, 0.3) is 10.8 Å². The van der Waals surface area contributed by atoms with Gasteiger partial charge in [0.2, 0.25) is 0 Å². The van der Waals surface area contributed by atoms with Crippen molar-refractivity contribution in [2.75, 3.05) is 13.7 Å². The van der Waals surface area contributed by atoms with E-state index in [0.717, 1.165) is 16.3 Å². The Labute approximate surface area is 159 Å². The molecule has 0 unspecified atom stereocenters. The molecule has 0 heterocycles. The maximum atomic E-state index is 12.1. The number of hydrogen-bond donors (Lipinski definition) is 1. The number of hydrogen-bond acceptors (Lipinski definition) is 4. The number of benzene rings is 2. The van der Waals surface area contributed by atoms with Crippen molar-refractivity contribution < 1.29 is 19.1 Å². The lowest BCUT2D eigenvalue weighted by Gasteiger charge is -2.23. The Morgan fingerprint density at radius 2 is 1.93 bits per heavy atom. The highest BCUT2D eigenvalue weighted by Crippen LogP contribution is 2.27. The summed E-state index contributed by atoms with van der Waals surface area (Å²) >= 11 is 0. The number of amides is 1. The zero-order chi connectivity index (χ0) is 19.6. The summed E-state index contributed by atoms with van der Waals surface area (Å²) in [6.45, 7) is 5.66. The fraction of sp³-hybridized carbons (Fsp3) is 0.273. The van der Waals surface area contributed by atoms with E-state index in [0.29, 0.717) is 0 Å². The van der Waals surface area contributed by atoms with Crippen molar-refractivity contribution in [2.45, 2.75) is 19.4 Å². The normalized spacial score (nSPS) is 13.1. The van der Waals surface area contributed by atoms with Gasteiger partial charge in [0.15, 0.2) is 0 Å². The summed E-state index contributed by atoms with van der Waals surface area (Å²) in [5.41, 5.74) is 0.958. The molecule has 0 radical (unpaired) electrons. The van der Waals surface area contributed by atoms with Gasteiger partial charge in [0, 0.05) is 0 Å². The maximum Gasteiger partial charge on any atom is 0.407 e. The number of fused-ring (bicyclic) bond motifs is 1. The van der Waals surface area contributed by atoms with Crippen LogP contribution in [0.15, 0.2) is 67.3 Å². The van der Waals surface area contributed by atoms with Crippen molar-refractivity contribution in [2.24, 2.45) is 5.92 Å². The highest BCUT2D eigenvalue weighted by molar-refractivity contribution is 5.83. The van der Waals surface area contributed by atoms with Gasteiger partial charge in [-0.3, -0.25) is 4.79 Å². The summed E-state index contributed by atoms with van der Waals surface area (Å²) < 4.78 is 9.72. The van der Waals surface area contributed by atoms with Gasteiger partial charge < -0.3 is 14.8 Å². The third kappa shape index (κ3) is 5.99. The Morgan fingerprint density at radius 3 is 2.63 bits per heavy atom. The van der Waals surface area contributed by atoms with Crippen LogP contribution in [0.4, 0.5) is 4.79 Å². The van der Waals surface area contributed by atoms with E-state index >= 15 is 0 Å². The molecule has 2 rings (SSSR count). The van der Waals surface area contributed by atoms with Gasteiger partial charge in [-0.1, -0.05) is 68.1 Å². The molecule has 2 aromatic rings. The second-order valence-electron chi connectivity index (χ2n) is 6.18. The fourth-order valence-electron chi connectivity index (χ4n) is 2.80. The van der Waals surface area contributed by atoms with Crippen LogP contribution >= 0.6 is 0 Å². The molecular weight excluding hydrogens is 342 g/mol. The van der Waals surface area contributed by atoms with Crippen molar-refractivity contribution in [3.8, 4) is 0 Å². The zero-order valence-electron chi connectivity index (χ0n) is 15.7. The van der Waals surface area contributed by atoms with Crippen LogP contribution in [-0.2, 0) is 14.3 Å². The van der Waals surface area contributed by atoms with Crippen LogP contribution in [0.5, 0.6) is 0 Å². The summed E-state index contributed by atoms with van der Waals surface area (Å²) in [5, 5.41) is 5.13. The summed E-state index contributed by atoms with van der Waals surface area (Å²) in [6, 6.07) is 13.8. The maximum absolute atomic E-state index is 12.1. The minimum atomic E-state index is -0.513. The van der Waals surface area contributed by atoms with E-state index in [1.54, 1.807) is 6.08 Å². The minimum absolute atomic E-state index is 0.0629. The molecule has 0 aromatic heterocycles. The second-order valence-corrected chi connectivity index (χ2v) is 6.18. The van der Waals surface area contributed by atoms with E-state index in [4.69, 9.17) is 4.74 Å². The first-order valence-corrected chi connectivity index (χ1v) is 8.81. The Bertz CT molecular complexity index is 828. The van der Waals surface area contributed by atoms with Crippen LogP contribution in [-0.4, -0.2) is 25.8 Å². The Kier molecular flexibility index (Phi) is 7.62. The molecule has 1 N–H and O–H groups in total. The molecule has 2 atom stereocenters. The summed E-state index contributed by atoms with van der Waals surface area (Å²) in [4.78, 5) is 23.4. The molecular formula is C22H25NO4. The highest BCUT2D eigenvalue weighted by atomic mass is 16.5. The Balaban J connectivity index is 2.25. The molecule has 0 fully saturated rings. The number of ether oxygens (including phenoxy) is 2. The molecule has 0 saturated heterocycles. The number of carbonyl (C=O) groups excluding carboxylic acids is 2. The predicted molar refractivity (Wildman–Crippen MR) is 106 cm³/mol. The number of alkyl carbamates (subject to hydrolysis) is 1. The monoisotopic (exact) mass is 367 g/mol. The average Bonchev–Trinajstić information content (AvgIpc) is 2.69. The van der Waals surface area contributed by atoms with Crippen molar-refractivity contribution in [1.29, 1.82) is 0 Å².